The summed E-state index contributed by atoms with van der Waals surface area (Å²) >= 11 is 0. The van der Waals surface area contributed by atoms with Crippen molar-refractivity contribution in [2.75, 3.05) is 11.0 Å². The van der Waals surface area contributed by atoms with Crippen LogP contribution in [-0.4, -0.2) is 29.1 Å². The van der Waals surface area contributed by atoms with Crippen LogP contribution >= 0.6 is 0 Å². The zero-order chi connectivity index (χ0) is 17.3. The van der Waals surface area contributed by atoms with Crippen LogP contribution in [0.2, 0.25) is 0 Å². The van der Waals surface area contributed by atoms with Crippen molar-refractivity contribution in [3.63, 3.8) is 0 Å². The molecule has 0 heterocycles. The molecule has 0 radical (unpaired) electrons. The second-order valence-electron chi connectivity index (χ2n) is 6.21. The Kier molecular flexibility index (Phi) is 5.37. The highest BCUT2D eigenvalue weighted by Gasteiger charge is 2.25. The first-order chi connectivity index (χ1) is 10.6. The van der Waals surface area contributed by atoms with Gasteiger partial charge in [-0.2, -0.15) is 0 Å². The number of anilines is 1. The second-order valence-corrected chi connectivity index (χ2v) is 9.64. The van der Waals surface area contributed by atoms with E-state index in [-0.39, 0.29) is 10.9 Å². The molecule has 1 saturated carbocycles. The molecule has 1 aliphatic rings. The van der Waals surface area contributed by atoms with Gasteiger partial charge in [-0.15, -0.1) is 0 Å². The van der Waals surface area contributed by atoms with E-state index in [0.717, 1.165) is 38.4 Å². The molecule has 0 aliphatic heterocycles. The number of aryl methyl sites for hydroxylation is 1. The van der Waals surface area contributed by atoms with Gasteiger partial charge in [0.1, 0.15) is 0 Å². The van der Waals surface area contributed by atoms with E-state index in [1.807, 2.05) is 0 Å². The smallest absolute Gasteiger partial charge is 0.241 e. The Morgan fingerprint density at radius 2 is 1.61 bits per heavy atom. The Morgan fingerprint density at radius 3 is 2.17 bits per heavy atom. The van der Waals surface area contributed by atoms with Crippen LogP contribution in [0.3, 0.4) is 0 Å². The van der Waals surface area contributed by atoms with Gasteiger partial charge in [-0.25, -0.2) is 21.6 Å². The number of sulfonamides is 2. The highest BCUT2D eigenvalue weighted by molar-refractivity contribution is 7.92. The van der Waals surface area contributed by atoms with E-state index in [1.54, 1.807) is 19.9 Å². The van der Waals surface area contributed by atoms with Crippen molar-refractivity contribution >= 4 is 25.7 Å². The first-order valence-corrected chi connectivity index (χ1v) is 11.1. The van der Waals surface area contributed by atoms with Crippen LogP contribution in [0.25, 0.3) is 0 Å². The molecule has 0 amide bonds. The molecule has 130 valence electrons. The molecule has 6 nitrogen and oxygen atoms in total. The summed E-state index contributed by atoms with van der Waals surface area (Å²) in [6.07, 6.45) is 5.94. The molecule has 1 aromatic carbocycles. The molecule has 0 aromatic heterocycles. The van der Waals surface area contributed by atoms with E-state index in [9.17, 15) is 16.8 Å². The van der Waals surface area contributed by atoms with Crippen LogP contribution in [0.5, 0.6) is 0 Å². The monoisotopic (exact) mass is 360 g/mol. The summed E-state index contributed by atoms with van der Waals surface area (Å²) in [4.78, 5) is 0.125. The normalized spacial score (nSPS) is 17.2. The lowest BCUT2D eigenvalue weighted by Crippen LogP contribution is -2.36. The molecular formula is C15H24N2O4S2. The summed E-state index contributed by atoms with van der Waals surface area (Å²) < 4.78 is 53.5. The average Bonchev–Trinajstić information content (AvgIpc) is 2.42. The average molecular weight is 361 g/mol. The molecule has 2 rings (SSSR count). The number of hydrogen-bond acceptors (Lipinski definition) is 4. The lowest BCUT2D eigenvalue weighted by Gasteiger charge is -2.23. The van der Waals surface area contributed by atoms with Crippen molar-refractivity contribution in [2.24, 2.45) is 0 Å². The lowest BCUT2D eigenvalue weighted by atomic mass is 9.96. The van der Waals surface area contributed by atoms with Crippen molar-refractivity contribution in [3.05, 3.63) is 23.3 Å². The van der Waals surface area contributed by atoms with Crippen LogP contribution < -0.4 is 9.44 Å². The van der Waals surface area contributed by atoms with Gasteiger partial charge in [0.2, 0.25) is 20.0 Å². The Morgan fingerprint density at radius 1 is 1.00 bits per heavy atom. The minimum Gasteiger partial charge on any atom is -0.283 e. The van der Waals surface area contributed by atoms with Crippen LogP contribution in [0.1, 0.15) is 43.2 Å². The van der Waals surface area contributed by atoms with Crippen LogP contribution in [0, 0.1) is 13.8 Å². The third-order valence-corrected chi connectivity index (χ3v) is 6.37. The maximum absolute atomic E-state index is 12.7. The summed E-state index contributed by atoms with van der Waals surface area (Å²) in [5, 5.41) is 0. The van der Waals surface area contributed by atoms with Gasteiger partial charge in [-0.1, -0.05) is 25.3 Å². The van der Waals surface area contributed by atoms with E-state index in [4.69, 9.17) is 0 Å². The third kappa shape index (κ3) is 4.68. The standard InChI is InChI=1S/C15H24N2O4S2/c1-11-9-10-14(12(2)15(11)17-22(3,18)19)23(20,21)16-13-7-5-4-6-8-13/h9-10,13,16-17H,4-8H2,1-3H3. The Bertz CT molecular complexity index is 780. The van der Waals surface area contributed by atoms with E-state index >= 15 is 0 Å². The van der Waals surface area contributed by atoms with Gasteiger partial charge in [-0.3, -0.25) is 4.72 Å². The molecule has 0 spiro atoms. The zero-order valence-corrected chi connectivity index (χ0v) is 15.4. The largest absolute Gasteiger partial charge is 0.283 e. The van der Waals surface area contributed by atoms with Crippen molar-refractivity contribution in [2.45, 2.75) is 56.9 Å². The summed E-state index contributed by atoms with van der Waals surface area (Å²) in [6.45, 7) is 3.36. The number of rotatable bonds is 5. The van der Waals surface area contributed by atoms with Crippen molar-refractivity contribution < 1.29 is 16.8 Å². The fraction of sp³-hybridized carbons (Fsp3) is 0.600. The van der Waals surface area contributed by atoms with Gasteiger partial charge in [-0.05, 0) is 43.9 Å². The Hall–Kier alpha value is -1.12. The SMILES string of the molecule is Cc1ccc(S(=O)(=O)NC2CCCCC2)c(C)c1NS(C)(=O)=O. The predicted molar refractivity (Wildman–Crippen MR) is 91.6 cm³/mol. The lowest BCUT2D eigenvalue weighted by molar-refractivity contribution is 0.412. The van der Waals surface area contributed by atoms with Gasteiger partial charge < -0.3 is 0 Å². The molecule has 1 aliphatic carbocycles. The molecule has 23 heavy (non-hydrogen) atoms. The van der Waals surface area contributed by atoms with E-state index in [2.05, 4.69) is 9.44 Å². The fourth-order valence-corrected chi connectivity index (χ4v) is 5.20. The molecule has 0 unspecified atom stereocenters. The molecular weight excluding hydrogens is 336 g/mol. The fourth-order valence-electron chi connectivity index (χ4n) is 2.96. The van der Waals surface area contributed by atoms with Gasteiger partial charge >= 0.3 is 0 Å². The van der Waals surface area contributed by atoms with Crippen LogP contribution in [-0.2, 0) is 20.0 Å². The Labute approximate surface area is 138 Å². The third-order valence-electron chi connectivity index (χ3n) is 4.13. The first-order valence-electron chi connectivity index (χ1n) is 7.70. The van der Waals surface area contributed by atoms with Crippen LogP contribution in [0.4, 0.5) is 5.69 Å². The minimum atomic E-state index is -3.67. The summed E-state index contributed by atoms with van der Waals surface area (Å²) in [6, 6.07) is 3.11. The van der Waals surface area contributed by atoms with Gasteiger partial charge in [0.15, 0.2) is 0 Å². The number of nitrogens with one attached hydrogen (secondary N) is 2. The maximum Gasteiger partial charge on any atom is 0.241 e. The molecule has 0 atom stereocenters. The van der Waals surface area contributed by atoms with Gasteiger partial charge in [0.25, 0.3) is 0 Å². The quantitative estimate of drug-likeness (QED) is 0.842. The molecule has 0 bridgehead atoms. The van der Waals surface area contributed by atoms with Crippen LogP contribution in [0.15, 0.2) is 17.0 Å². The topological polar surface area (TPSA) is 92.3 Å². The highest BCUT2D eigenvalue weighted by Crippen LogP contribution is 2.28. The van der Waals surface area contributed by atoms with E-state index < -0.39 is 20.0 Å². The van der Waals surface area contributed by atoms with E-state index in [0.29, 0.717) is 16.8 Å². The van der Waals surface area contributed by atoms with Crippen molar-refractivity contribution in [1.82, 2.24) is 4.72 Å². The predicted octanol–water partition coefficient (Wildman–Crippen LogP) is 2.29. The zero-order valence-electron chi connectivity index (χ0n) is 13.7. The summed E-state index contributed by atoms with van der Waals surface area (Å²) in [7, 11) is -7.15. The molecule has 1 aromatic rings. The van der Waals surface area contributed by atoms with Crippen molar-refractivity contribution in [1.29, 1.82) is 0 Å². The number of benzene rings is 1. The molecule has 2 N–H and O–H groups in total. The molecule has 8 heteroatoms. The highest BCUT2D eigenvalue weighted by atomic mass is 32.2. The van der Waals surface area contributed by atoms with Crippen molar-refractivity contribution in [3.8, 4) is 0 Å². The first kappa shape index (κ1) is 18.2. The molecule has 1 fully saturated rings. The van der Waals surface area contributed by atoms with Gasteiger partial charge in [0.05, 0.1) is 16.8 Å². The molecule has 0 saturated heterocycles. The van der Waals surface area contributed by atoms with Gasteiger partial charge in [0, 0.05) is 6.04 Å². The maximum atomic E-state index is 12.7. The summed E-state index contributed by atoms with van der Waals surface area (Å²) in [5.74, 6) is 0. The second kappa shape index (κ2) is 6.78. The Balaban J connectivity index is 2.36. The minimum absolute atomic E-state index is 0.0410. The summed E-state index contributed by atoms with van der Waals surface area (Å²) in [5.41, 5.74) is 1.43. The number of hydrogen-bond donors (Lipinski definition) is 2. The van der Waals surface area contributed by atoms with E-state index in [1.165, 1.54) is 6.07 Å².